The van der Waals surface area contributed by atoms with E-state index in [0.29, 0.717) is 24.3 Å². The number of nitrogen functional groups attached to an aromatic ring is 1. The van der Waals surface area contributed by atoms with E-state index in [1.54, 1.807) is 4.57 Å². The number of aromatic amines is 1. The number of ether oxygens (including phenoxy) is 1. The fraction of sp³-hybridized carbons (Fsp3) is 0.750. The number of fused-ring (bicyclic) bond motifs is 1. The summed E-state index contributed by atoms with van der Waals surface area (Å²) in [6.07, 6.45) is 5.68. The molecule has 0 bridgehead atoms. The Morgan fingerprint density at radius 1 is 1.10 bits per heavy atom. The molecule has 2 aliphatic rings. The van der Waals surface area contributed by atoms with Crippen LogP contribution in [0.25, 0.3) is 11.2 Å². The molecule has 160 valence electrons. The largest absolute Gasteiger partial charge is 0.463 e. The maximum Gasteiger partial charge on any atom is 0.327 e. The van der Waals surface area contributed by atoms with E-state index in [2.05, 4.69) is 31.7 Å². The first-order chi connectivity index (χ1) is 14.1. The van der Waals surface area contributed by atoms with Crippen LogP contribution in [0.2, 0.25) is 0 Å². The molecular formula is C20H33N7O2. The number of nitrogens with one attached hydrogen (secondary N) is 1. The molecule has 3 heterocycles. The van der Waals surface area contributed by atoms with Gasteiger partial charge in [0, 0.05) is 39.3 Å². The number of aryl methyl sites for hydroxylation is 1. The van der Waals surface area contributed by atoms with Crippen LogP contribution in [0.3, 0.4) is 0 Å². The Kier molecular flexibility index (Phi) is 6.34. The van der Waals surface area contributed by atoms with Gasteiger partial charge in [0.25, 0.3) is 0 Å². The monoisotopic (exact) mass is 403 g/mol. The van der Waals surface area contributed by atoms with E-state index in [-0.39, 0.29) is 17.5 Å². The van der Waals surface area contributed by atoms with Crippen molar-refractivity contribution >= 4 is 17.0 Å². The Balaban J connectivity index is 1.33. The third kappa shape index (κ3) is 5.08. The van der Waals surface area contributed by atoms with Crippen molar-refractivity contribution in [3.8, 4) is 6.01 Å². The van der Waals surface area contributed by atoms with Crippen LogP contribution < -0.4 is 16.2 Å². The second-order valence-corrected chi connectivity index (χ2v) is 8.31. The topological polar surface area (TPSA) is 105 Å². The summed E-state index contributed by atoms with van der Waals surface area (Å²) >= 11 is 0. The van der Waals surface area contributed by atoms with E-state index >= 15 is 0 Å². The quantitative estimate of drug-likeness (QED) is 0.576. The number of aromatic nitrogens is 4. The molecule has 9 heteroatoms. The minimum absolute atomic E-state index is 0.194. The molecule has 0 atom stereocenters. The second-order valence-electron chi connectivity index (χ2n) is 8.31. The standard InChI is InChI=1S/C20H33N7O2/c1-2-3-13-29-19-23-17(21)16-18(24-19)27(20(28)22-16)8-4-7-25-9-11-26(12-10-25)14-15-5-6-15/h15H,2-14H2,1H3,(H,22,28)(H2,21,23,24). The van der Waals surface area contributed by atoms with Crippen LogP contribution in [-0.4, -0.2) is 75.2 Å². The van der Waals surface area contributed by atoms with Gasteiger partial charge in [0.2, 0.25) is 0 Å². The van der Waals surface area contributed by atoms with Crippen LogP contribution in [0, 0.1) is 5.92 Å². The van der Waals surface area contributed by atoms with E-state index in [1.807, 2.05) is 0 Å². The van der Waals surface area contributed by atoms with Crippen molar-refractivity contribution in [3.63, 3.8) is 0 Å². The van der Waals surface area contributed by atoms with E-state index in [4.69, 9.17) is 10.5 Å². The molecule has 1 aliphatic carbocycles. The van der Waals surface area contributed by atoms with Gasteiger partial charge in [0.05, 0.1) is 6.61 Å². The summed E-state index contributed by atoms with van der Waals surface area (Å²) in [6, 6.07) is 0.239. The van der Waals surface area contributed by atoms with Crippen molar-refractivity contribution in [2.45, 2.75) is 45.6 Å². The summed E-state index contributed by atoms with van der Waals surface area (Å²) in [4.78, 5) is 28.9. The third-order valence-corrected chi connectivity index (χ3v) is 5.89. The predicted molar refractivity (Wildman–Crippen MR) is 113 cm³/mol. The molecule has 2 aromatic rings. The highest BCUT2D eigenvalue weighted by Gasteiger charge is 2.26. The summed E-state index contributed by atoms with van der Waals surface area (Å²) in [5.41, 5.74) is 6.84. The van der Waals surface area contributed by atoms with Crippen molar-refractivity contribution in [1.29, 1.82) is 0 Å². The Labute approximate surface area is 171 Å². The van der Waals surface area contributed by atoms with E-state index < -0.39 is 0 Å². The van der Waals surface area contributed by atoms with Gasteiger partial charge in [0.1, 0.15) is 5.52 Å². The molecule has 0 spiro atoms. The molecule has 0 radical (unpaired) electrons. The van der Waals surface area contributed by atoms with Gasteiger partial charge in [0.15, 0.2) is 11.5 Å². The van der Waals surface area contributed by atoms with Crippen LogP contribution in [0.1, 0.15) is 39.0 Å². The highest BCUT2D eigenvalue weighted by Crippen LogP contribution is 2.29. The molecule has 0 unspecified atom stereocenters. The number of rotatable bonds is 10. The summed E-state index contributed by atoms with van der Waals surface area (Å²) in [7, 11) is 0. The average molecular weight is 404 g/mol. The van der Waals surface area contributed by atoms with Gasteiger partial charge in [-0.2, -0.15) is 9.97 Å². The summed E-state index contributed by atoms with van der Waals surface area (Å²) in [5, 5.41) is 0. The van der Waals surface area contributed by atoms with Gasteiger partial charge in [-0.25, -0.2) is 4.79 Å². The van der Waals surface area contributed by atoms with Crippen LogP contribution in [0.5, 0.6) is 6.01 Å². The lowest BCUT2D eigenvalue weighted by Crippen LogP contribution is -2.47. The first-order valence-corrected chi connectivity index (χ1v) is 11.0. The number of imidazole rings is 1. The molecule has 0 amide bonds. The molecule has 2 aromatic heterocycles. The minimum Gasteiger partial charge on any atom is -0.463 e. The smallest absolute Gasteiger partial charge is 0.327 e. The summed E-state index contributed by atoms with van der Waals surface area (Å²) < 4.78 is 7.25. The predicted octanol–water partition coefficient (Wildman–Crippen LogP) is 1.30. The molecule has 1 aliphatic heterocycles. The number of anilines is 1. The number of hydrogen-bond acceptors (Lipinski definition) is 7. The van der Waals surface area contributed by atoms with Gasteiger partial charge < -0.3 is 25.3 Å². The van der Waals surface area contributed by atoms with Gasteiger partial charge in [-0.15, -0.1) is 0 Å². The Bertz CT molecular complexity index is 866. The van der Waals surface area contributed by atoms with Crippen molar-refractivity contribution in [3.05, 3.63) is 10.5 Å². The van der Waals surface area contributed by atoms with Gasteiger partial charge in [-0.05, 0) is 38.1 Å². The maximum atomic E-state index is 12.4. The van der Waals surface area contributed by atoms with Crippen LogP contribution in [0.4, 0.5) is 5.82 Å². The normalized spacial score (nSPS) is 18.5. The van der Waals surface area contributed by atoms with E-state index in [9.17, 15) is 4.79 Å². The molecule has 4 rings (SSSR count). The lowest BCUT2D eigenvalue weighted by atomic mass is 10.2. The van der Waals surface area contributed by atoms with Gasteiger partial charge in [-0.1, -0.05) is 13.3 Å². The lowest BCUT2D eigenvalue weighted by Gasteiger charge is -2.34. The van der Waals surface area contributed by atoms with E-state index in [0.717, 1.165) is 57.9 Å². The highest BCUT2D eigenvalue weighted by atomic mass is 16.5. The van der Waals surface area contributed by atoms with Crippen molar-refractivity contribution < 1.29 is 4.74 Å². The average Bonchev–Trinajstić information content (AvgIpc) is 3.47. The molecule has 1 saturated carbocycles. The zero-order chi connectivity index (χ0) is 20.2. The first-order valence-electron chi connectivity index (χ1n) is 11.0. The SMILES string of the molecule is CCCCOc1nc(N)c2[nH]c(=O)n(CCCN3CCN(CC4CC4)CC3)c2n1. The zero-order valence-electron chi connectivity index (χ0n) is 17.4. The number of nitrogens with zero attached hydrogens (tertiary/aromatic N) is 5. The molecule has 29 heavy (non-hydrogen) atoms. The fourth-order valence-electron chi connectivity index (χ4n) is 3.92. The third-order valence-electron chi connectivity index (χ3n) is 5.89. The highest BCUT2D eigenvalue weighted by molar-refractivity contribution is 5.81. The molecule has 9 nitrogen and oxygen atoms in total. The Hall–Kier alpha value is -2.13. The molecule has 2 fully saturated rings. The number of hydrogen-bond donors (Lipinski definition) is 2. The fourth-order valence-corrected chi connectivity index (χ4v) is 3.92. The van der Waals surface area contributed by atoms with E-state index in [1.165, 1.54) is 19.4 Å². The summed E-state index contributed by atoms with van der Waals surface area (Å²) in [5.74, 6) is 1.21. The maximum absolute atomic E-state index is 12.4. The van der Waals surface area contributed by atoms with Crippen molar-refractivity contribution in [2.75, 3.05) is 51.6 Å². The Morgan fingerprint density at radius 2 is 1.86 bits per heavy atom. The molecule has 3 N–H and O–H groups in total. The number of unbranched alkanes of at least 4 members (excludes halogenated alkanes) is 1. The lowest BCUT2D eigenvalue weighted by molar-refractivity contribution is 0.126. The number of nitrogens with two attached hydrogens (primary N) is 1. The molecular weight excluding hydrogens is 370 g/mol. The molecule has 0 aromatic carbocycles. The van der Waals surface area contributed by atoms with Crippen molar-refractivity contribution in [1.82, 2.24) is 29.3 Å². The van der Waals surface area contributed by atoms with Crippen LogP contribution in [-0.2, 0) is 6.54 Å². The second kappa shape index (κ2) is 9.13. The number of piperazine rings is 1. The minimum atomic E-state index is -0.194. The zero-order valence-corrected chi connectivity index (χ0v) is 17.4. The molecule has 1 saturated heterocycles. The van der Waals surface area contributed by atoms with Crippen LogP contribution in [0.15, 0.2) is 4.79 Å². The van der Waals surface area contributed by atoms with Gasteiger partial charge >= 0.3 is 11.7 Å². The number of H-pyrrole nitrogens is 1. The van der Waals surface area contributed by atoms with Gasteiger partial charge in [-0.3, -0.25) is 4.57 Å². The Morgan fingerprint density at radius 3 is 2.59 bits per heavy atom. The first kappa shape index (κ1) is 20.2. The summed E-state index contributed by atoms with van der Waals surface area (Å²) in [6.45, 7) is 10.0. The van der Waals surface area contributed by atoms with Crippen molar-refractivity contribution in [2.24, 2.45) is 5.92 Å². The van der Waals surface area contributed by atoms with Crippen LogP contribution >= 0.6 is 0 Å².